The van der Waals surface area contributed by atoms with Crippen molar-refractivity contribution in [1.29, 1.82) is 0 Å². The van der Waals surface area contributed by atoms with E-state index in [9.17, 15) is 18.0 Å². The van der Waals surface area contributed by atoms with Gasteiger partial charge in [-0.2, -0.15) is 0 Å². The van der Waals surface area contributed by atoms with Crippen LogP contribution in [0.15, 0.2) is 47.0 Å². The molecule has 7 nitrogen and oxygen atoms in total. The number of amides is 1. The maximum Gasteiger partial charge on any atom is 0.573 e. The molecule has 0 bridgehead atoms. The number of halogens is 3. The first-order chi connectivity index (χ1) is 13.3. The summed E-state index contributed by atoms with van der Waals surface area (Å²) < 4.78 is 42.3. The molecule has 5 N–H and O–H groups in total. The normalized spacial score (nSPS) is 21.0. The Morgan fingerprint density at radius 2 is 2.07 bits per heavy atom. The minimum atomic E-state index is -4.79. The maximum absolute atomic E-state index is 12.7. The second-order valence-corrected chi connectivity index (χ2v) is 6.30. The second kappa shape index (κ2) is 8.03. The first-order valence-electron chi connectivity index (χ1n) is 8.61. The number of nitrogens with one attached hydrogen (secondary N) is 1. The van der Waals surface area contributed by atoms with E-state index in [1.54, 1.807) is 29.3 Å². The summed E-state index contributed by atoms with van der Waals surface area (Å²) in [4.78, 5) is 15.8. The monoisotopic (exact) mass is 395 g/mol. The Kier molecular flexibility index (Phi) is 5.71. The van der Waals surface area contributed by atoms with Crippen LogP contribution in [0.2, 0.25) is 0 Å². The van der Waals surface area contributed by atoms with E-state index in [1.165, 1.54) is 12.1 Å². The van der Waals surface area contributed by atoms with Crippen molar-refractivity contribution in [1.82, 2.24) is 10.4 Å². The number of carbonyl (C=O) groups is 1. The average molecular weight is 395 g/mol. The fourth-order valence-corrected chi connectivity index (χ4v) is 3.25. The van der Waals surface area contributed by atoms with Crippen LogP contribution in [0.1, 0.15) is 12.0 Å². The van der Waals surface area contributed by atoms with Gasteiger partial charge in [-0.25, -0.2) is 5.01 Å². The molecule has 10 heteroatoms. The van der Waals surface area contributed by atoms with Gasteiger partial charge in [-0.15, -0.1) is 13.2 Å². The lowest BCUT2D eigenvalue weighted by atomic mass is 9.89. The van der Waals surface area contributed by atoms with Crippen molar-refractivity contribution in [2.45, 2.75) is 18.8 Å². The molecule has 28 heavy (non-hydrogen) atoms. The summed E-state index contributed by atoms with van der Waals surface area (Å²) in [5.41, 5.74) is 15.7. The van der Waals surface area contributed by atoms with Gasteiger partial charge >= 0.3 is 6.36 Å². The fraction of sp³-hybridized carbons (Fsp3) is 0.333. The number of nitrogens with zero attached hydrogens (tertiary/aromatic N) is 2. The topological polar surface area (TPSA) is 106 Å². The van der Waals surface area contributed by atoms with Crippen LogP contribution >= 0.6 is 0 Å². The van der Waals surface area contributed by atoms with Crippen molar-refractivity contribution in [3.05, 3.63) is 47.6 Å². The molecule has 1 aliphatic heterocycles. The Balaban J connectivity index is 1.94. The van der Waals surface area contributed by atoms with Crippen molar-refractivity contribution in [3.8, 4) is 5.75 Å². The predicted molar refractivity (Wildman–Crippen MR) is 98.0 cm³/mol. The van der Waals surface area contributed by atoms with Crippen molar-refractivity contribution >= 4 is 17.3 Å². The summed E-state index contributed by atoms with van der Waals surface area (Å²) >= 11 is 0. The molecule has 1 heterocycles. The molecule has 0 aromatic heterocycles. The van der Waals surface area contributed by atoms with Crippen LogP contribution in [0.4, 0.5) is 13.2 Å². The Hall–Kier alpha value is -2.85. The SMILES string of the molecule is NCCN=C1NN(CC(N)=O)C2CC(c3ccccc3OC(F)(F)F)=CC=C12. The molecule has 0 saturated carbocycles. The van der Waals surface area contributed by atoms with E-state index in [-0.39, 0.29) is 18.3 Å². The Labute approximate surface area is 159 Å². The van der Waals surface area contributed by atoms with E-state index in [1.807, 2.05) is 0 Å². The van der Waals surface area contributed by atoms with Gasteiger partial charge in [0.15, 0.2) is 0 Å². The molecular weight excluding hydrogens is 375 g/mol. The summed E-state index contributed by atoms with van der Waals surface area (Å²) in [6.45, 7) is 0.690. The first kappa shape index (κ1) is 19.9. The van der Waals surface area contributed by atoms with Crippen molar-refractivity contribution < 1.29 is 22.7 Å². The van der Waals surface area contributed by atoms with Crippen molar-refractivity contribution in [3.63, 3.8) is 0 Å². The number of nitrogens with two attached hydrogens (primary N) is 2. The number of aliphatic imine (C=N–C) groups is 1. The van der Waals surface area contributed by atoms with Gasteiger partial charge in [-0.05, 0) is 18.1 Å². The zero-order chi connectivity index (χ0) is 20.3. The largest absolute Gasteiger partial charge is 0.573 e. The zero-order valence-corrected chi connectivity index (χ0v) is 14.9. The minimum Gasteiger partial charge on any atom is -0.405 e. The third-order valence-electron chi connectivity index (χ3n) is 4.32. The number of ether oxygens (including phenoxy) is 1. The Bertz CT molecular complexity index is 848. The fourth-order valence-electron chi connectivity index (χ4n) is 3.25. The molecular formula is C18H20F3N5O2. The Morgan fingerprint density at radius 1 is 1.32 bits per heavy atom. The first-order valence-corrected chi connectivity index (χ1v) is 8.61. The molecule has 3 rings (SSSR count). The van der Waals surface area contributed by atoms with Gasteiger partial charge in [0, 0.05) is 17.7 Å². The number of fused-ring (bicyclic) bond motifs is 1. The number of primary amides is 1. The van der Waals surface area contributed by atoms with Gasteiger partial charge in [0.25, 0.3) is 0 Å². The van der Waals surface area contributed by atoms with Gasteiger partial charge in [-0.3, -0.25) is 9.79 Å². The molecule has 1 aromatic rings. The zero-order valence-electron chi connectivity index (χ0n) is 14.9. The Morgan fingerprint density at radius 3 is 2.75 bits per heavy atom. The molecule has 0 spiro atoms. The number of para-hydroxylation sites is 1. The molecule has 150 valence electrons. The molecule has 1 atom stereocenters. The quantitative estimate of drug-likeness (QED) is 0.674. The van der Waals surface area contributed by atoms with Gasteiger partial charge < -0.3 is 21.6 Å². The number of hydrogen-bond donors (Lipinski definition) is 3. The van der Waals surface area contributed by atoms with E-state index >= 15 is 0 Å². The van der Waals surface area contributed by atoms with E-state index < -0.39 is 12.3 Å². The lowest BCUT2D eigenvalue weighted by molar-refractivity contribution is -0.274. The summed E-state index contributed by atoms with van der Waals surface area (Å²) in [5, 5.41) is 1.63. The van der Waals surface area contributed by atoms with E-state index in [0.29, 0.717) is 36.5 Å². The number of allylic oxidation sites excluding steroid dienone is 2. The number of benzene rings is 1. The summed E-state index contributed by atoms with van der Waals surface area (Å²) in [5.74, 6) is -0.238. The van der Waals surface area contributed by atoms with Gasteiger partial charge in [-0.1, -0.05) is 30.4 Å². The average Bonchev–Trinajstić information content (AvgIpc) is 2.95. The van der Waals surface area contributed by atoms with Gasteiger partial charge in [0.1, 0.15) is 11.6 Å². The molecule has 2 aliphatic rings. The van der Waals surface area contributed by atoms with Crippen LogP contribution in [0.25, 0.3) is 5.57 Å². The number of hydrazine groups is 1. The standard InChI is InChI=1S/C18H20F3N5O2/c19-18(20,21)28-15-4-2-1-3-12(15)11-5-6-13-14(9-11)26(10-16(23)27)25-17(13)24-8-7-22/h1-6,14H,7-10,22H2,(H2,23,27)(H,24,25). The number of rotatable bonds is 6. The number of hydrogen-bond acceptors (Lipinski definition) is 5. The highest BCUT2D eigenvalue weighted by molar-refractivity contribution is 6.03. The van der Waals surface area contributed by atoms with E-state index in [0.717, 1.165) is 5.57 Å². The van der Waals surface area contributed by atoms with E-state index in [2.05, 4.69) is 15.2 Å². The van der Waals surface area contributed by atoms with Crippen molar-refractivity contribution in [2.75, 3.05) is 19.6 Å². The van der Waals surface area contributed by atoms with Crippen LogP contribution in [-0.4, -0.2) is 48.8 Å². The third-order valence-corrected chi connectivity index (χ3v) is 4.32. The highest BCUT2D eigenvalue weighted by Gasteiger charge is 2.38. The van der Waals surface area contributed by atoms with Crippen molar-refractivity contribution in [2.24, 2.45) is 16.5 Å². The molecule has 1 aliphatic carbocycles. The molecule has 1 saturated heterocycles. The van der Waals surface area contributed by atoms with Crippen LogP contribution < -0.4 is 21.6 Å². The number of alkyl halides is 3. The van der Waals surface area contributed by atoms with Crippen LogP contribution in [0.3, 0.4) is 0 Å². The third kappa shape index (κ3) is 4.52. The van der Waals surface area contributed by atoms with Gasteiger partial charge in [0.05, 0.1) is 19.1 Å². The van der Waals surface area contributed by atoms with Crippen LogP contribution in [0, 0.1) is 0 Å². The number of carbonyl (C=O) groups excluding carboxylic acids is 1. The highest BCUT2D eigenvalue weighted by atomic mass is 19.4. The smallest absolute Gasteiger partial charge is 0.405 e. The molecule has 1 amide bonds. The maximum atomic E-state index is 12.7. The number of amidine groups is 1. The summed E-state index contributed by atoms with van der Waals surface area (Å²) in [7, 11) is 0. The lowest BCUT2D eigenvalue weighted by Crippen LogP contribution is -2.44. The second-order valence-electron chi connectivity index (χ2n) is 6.30. The molecule has 1 fully saturated rings. The van der Waals surface area contributed by atoms with Crippen LogP contribution in [-0.2, 0) is 4.79 Å². The van der Waals surface area contributed by atoms with Crippen LogP contribution in [0.5, 0.6) is 5.75 Å². The lowest BCUT2D eigenvalue weighted by Gasteiger charge is -2.26. The summed E-state index contributed by atoms with van der Waals surface area (Å²) in [6, 6.07) is 5.65. The summed E-state index contributed by atoms with van der Waals surface area (Å²) in [6.07, 6.45) is -0.928. The van der Waals surface area contributed by atoms with Gasteiger partial charge in [0.2, 0.25) is 5.91 Å². The molecule has 1 aromatic carbocycles. The highest BCUT2D eigenvalue weighted by Crippen LogP contribution is 2.38. The van der Waals surface area contributed by atoms with E-state index in [4.69, 9.17) is 11.5 Å². The minimum absolute atomic E-state index is 0.0718. The predicted octanol–water partition coefficient (Wildman–Crippen LogP) is 1.33. The molecule has 0 radical (unpaired) electrons. The molecule has 1 unspecified atom stereocenters.